The molecule has 6 nitrogen and oxygen atoms in total. The van der Waals surface area contributed by atoms with Crippen molar-refractivity contribution in [1.82, 2.24) is 0 Å². The minimum absolute atomic E-state index is 0.0583. The Morgan fingerprint density at radius 2 is 2.04 bits per heavy atom. The zero-order chi connectivity index (χ0) is 20.3. The Balaban J connectivity index is 1.59. The third kappa shape index (κ3) is 4.58. The number of ether oxygens (including phenoxy) is 3. The van der Waals surface area contributed by atoms with E-state index in [0.29, 0.717) is 22.1 Å². The molecule has 9 heteroatoms. The Morgan fingerprint density at radius 3 is 2.82 bits per heavy atom. The van der Waals surface area contributed by atoms with Crippen LogP contribution in [0.25, 0.3) is 6.08 Å². The van der Waals surface area contributed by atoms with E-state index in [9.17, 15) is 18.4 Å². The van der Waals surface area contributed by atoms with Gasteiger partial charge in [-0.15, -0.1) is 0 Å². The van der Waals surface area contributed by atoms with Crippen molar-refractivity contribution in [2.45, 2.75) is 13.0 Å². The summed E-state index contributed by atoms with van der Waals surface area (Å²) in [6, 6.07) is 5.82. The summed E-state index contributed by atoms with van der Waals surface area (Å²) in [5.74, 6) is -2.27. The molecular formula is C19H14ClF2NO5. The number of esters is 1. The SMILES string of the molecule is C[C@@H](OC(=O)/C=C/c1cc(Cl)c2c(c1)OCO2)C(=O)Nc1cc(F)ccc1F. The molecular weight excluding hydrogens is 396 g/mol. The maximum Gasteiger partial charge on any atom is 0.331 e. The van der Waals surface area contributed by atoms with Crippen LogP contribution in [-0.4, -0.2) is 24.8 Å². The molecule has 0 bridgehead atoms. The van der Waals surface area contributed by atoms with E-state index in [0.717, 1.165) is 24.3 Å². The lowest BCUT2D eigenvalue weighted by atomic mass is 10.2. The molecule has 0 aromatic heterocycles. The van der Waals surface area contributed by atoms with Gasteiger partial charge in [0.1, 0.15) is 11.6 Å². The van der Waals surface area contributed by atoms with Crippen molar-refractivity contribution >= 4 is 35.2 Å². The summed E-state index contributed by atoms with van der Waals surface area (Å²) in [7, 11) is 0. The van der Waals surface area contributed by atoms with Crippen molar-refractivity contribution in [2.24, 2.45) is 0 Å². The van der Waals surface area contributed by atoms with Gasteiger partial charge in [0.25, 0.3) is 5.91 Å². The largest absolute Gasteiger partial charge is 0.454 e. The van der Waals surface area contributed by atoms with Crippen LogP contribution < -0.4 is 14.8 Å². The first-order valence-corrected chi connectivity index (χ1v) is 8.45. The summed E-state index contributed by atoms with van der Waals surface area (Å²) in [6.45, 7) is 1.36. The van der Waals surface area contributed by atoms with Crippen molar-refractivity contribution in [3.05, 3.63) is 58.6 Å². The maximum atomic E-state index is 13.6. The topological polar surface area (TPSA) is 73.9 Å². The lowest BCUT2D eigenvalue weighted by Crippen LogP contribution is -2.29. The molecule has 1 aliphatic heterocycles. The van der Waals surface area contributed by atoms with Gasteiger partial charge in [0.2, 0.25) is 6.79 Å². The van der Waals surface area contributed by atoms with E-state index < -0.39 is 29.6 Å². The molecule has 1 amide bonds. The average molecular weight is 410 g/mol. The molecule has 1 atom stereocenters. The molecule has 146 valence electrons. The zero-order valence-electron chi connectivity index (χ0n) is 14.5. The van der Waals surface area contributed by atoms with Crippen LogP contribution in [0.4, 0.5) is 14.5 Å². The quantitative estimate of drug-likeness (QED) is 0.598. The highest BCUT2D eigenvalue weighted by atomic mass is 35.5. The van der Waals surface area contributed by atoms with Gasteiger partial charge in [0, 0.05) is 12.1 Å². The first kappa shape index (κ1) is 19.6. The van der Waals surface area contributed by atoms with Crippen molar-refractivity contribution < 1.29 is 32.6 Å². The number of halogens is 3. The molecule has 0 aliphatic carbocycles. The standard InChI is InChI=1S/C19H14ClF2NO5/c1-10(19(25)23-15-8-12(21)3-4-14(15)22)28-17(24)5-2-11-6-13(20)18-16(7-11)26-9-27-18/h2-8,10H,9H2,1H3,(H,23,25)/b5-2+/t10-/m1/s1. The summed E-state index contributed by atoms with van der Waals surface area (Å²) in [6.07, 6.45) is 1.29. The first-order valence-electron chi connectivity index (χ1n) is 8.07. The van der Waals surface area contributed by atoms with Gasteiger partial charge in [-0.25, -0.2) is 13.6 Å². The number of carbonyl (C=O) groups is 2. The highest BCUT2D eigenvalue weighted by molar-refractivity contribution is 6.32. The molecule has 0 fully saturated rings. The maximum absolute atomic E-state index is 13.6. The van der Waals surface area contributed by atoms with Gasteiger partial charge in [-0.2, -0.15) is 0 Å². The van der Waals surface area contributed by atoms with Gasteiger partial charge in [0.15, 0.2) is 17.6 Å². The van der Waals surface area contributed by atoms with Crippen LogP contribution in [-0.2, 0) is 14.3 Å². The molecule has 0 saturated carbocycles. The Hall–Kier alpha value is -3.13. The number of anilines is 1. The lowest BCUT2D eigenvalue weighted by Gasteiger charge is -2.13. The Kier molecular flexibility index (Phi) is 5.79. The monoisotopic (exact) mass is 409 g/mol. The van der Waals surface area contributed by atoms with Gasteiger partial charge >= 0.3 is 5.97 Å². The smallest absolute Gasteiger partial charge is 0.331 e. The number of fused-ring (bicyclic) bond motifs is 1. The summed E-state index contributed by atoms with van der Waals surface area (Å²) in [5, 5.41) is 2.49. The minimum atomic E-state index is -1.24. The molecule has 0 saturated heterocycles. The van der Waals surface area contributed by atoms with E-state index in [2.05, 4.69) is 5.32 Å². The van der Waals surface area contributed by atoms with Crippen LogP contribution in [0.2, 0.25) is 5.02 Å². The molecule has 1 heterocycles. The van der Waals surface area contributed by atoms with Gasteiger partial charge < -0.3 is 19.5 Å². The molecule has 28 heavy (non-hydrogen) atoms. The predicted octanol–water partition coefficient (Wildman–Crippen LogP) is 3.93. The molecule has 0 spiro atoms. The fraction of sp³-hybridized carbons (Fsp3) is 0.158. The Labute approximate surface area is 163 Å². The molecule has 1 aliphatic rings. The molecule has 0 unspecified atom stereocenters. The fourth-order valence-corrected chi connectivity index (χ4v) is 2.62. The third-order valence-corrected chi connectivity index (χ3v) is 3.99. The van der Waals surface area contributed by atoms with E-state index >= 15 is 0 Å². The Morgan fingerprint density at radius 1 is 1.25 bits per heavy atom. The second kappa shape index (κ2) is 8.26. The zero-order valence-corrected chi connectivity index (χ0v) is 15.3. The number of carbonyl (C=O) groups excluding carboxylic acids is 2. The summed E-state index contributed by atoms with van der Waals surface area (Å²) in [4.78, 5) is 23.9. The summed E-state index contributed by atoms with van der Waals surface area (Å²) >= 11 is 6.05. The summed E-state index contributed by atoms with van der Waals surface area (Å²) < 4.78 is 42.1. The normalized spacial score (nSPS) is 13.4. The fourth-order valence-electron chi connectivity index (χ4n) is 2.34. The number of amides is 1. The Bertz CT molecular complexity index is 964. The van der Waals surface area contributed by atoms with Crippen LogP contribution in [0, 0.1) is 11.6 Å². The van der Waals surface area contributed by atoms with Crippen LogP contribution in [0.3, 0.4) is 0 Å². The molecule has 2 aromatic rings. The number of nitrogens with one attached hydrogen (secondary N) is 1. The molecule has 1 N–H and O–H groups in total. The van der Waals surface area contributed by atoms with Crippen molar-refractivity contribution in [2.75, 3.05) is 12.1 Å². The minimum Gasteiger partial charge on any atom is -0.454 e. The van der Waals surface area contributed by atoms with Gasteiger partial charge in [0.05, 0.1) is 10.7 Å². The third-order valence-electron chi connectivity index (χ3n) is 3.71. The highest BCUT2D eigenvalue weighted by Crippen LogP contribution is 2.40. The number of rotatable bonds is 5. The van der Waals surface area contributed by atoms with Gasteiger partial charge in [-0.05, 0) is 42.8 Å². The van der Waals surface area contributed by atoms with E-state index in [4.69, 9.17) is 25.8 Å². The van der Waals surface area contributed by atoms with Crippen molar-refractivity contribution in [1.29, 1.82) is 0 Å². The van der Waals surface area contributed by atoms with Crippen LogP contribution >= 0.6 is 11.6 Å². The number of hydrogen-bond donors (Lipinski definition) is 1. The van der Waals surface area contributed by atoms with Gasteiger partial charge in [-0.1, -0.05) is 11.6 Å². The van der Waals surface area contributed by atoms with E-state index in [-0.39, 0.29) is 12.5 Å². The molecule has 2 aromatic carbocycles. The van der Waals surface area contributed by atoms with Crippen LogP contribution in [0.15, 0.2) is 36.4 Å². The second-order valence-electron chi connectivity index (χ2n) is 5.76. The van der Waals surface area contributed by atoms with E-state index in [1.165, 1.54) is 13.0 Å². The summed E-state index contributed by atoms with van der Waals surface area (Å²) in [5.41, 5.74) is 0.212. The van der Waals surface area contributed by atoms with Crippen LogP contribution in [0.1, 0.15) is 12.5 Å². The second-order valence-corrected chi connectivity index (χ2v) is 6.17. The first-order chi connectivity index (χ1) is 13.3. The van der Waals surface area contributed by atoms with Crippen LogP contribution in [0.5, 0.6) is 11.5 Å². The highest BCUT2D eigenvalue weighted by Gasteiger charge is 2.19. The van der Waals surface area contributed by atoms with E-state index in [1.807, 2.05) is 0 Å². The van der Waals surface area contributed by atoms with Crippen molar-refractivity contribution in [3.63, 3.8) is 0 Å². The number of benzene rings is 2. The van der Waals surface area contributed by atoms with Gasteiger partial charge in [-0.3, -0.25) is 4.79 Å². The lowest BCUT2D eigenvalue weighted by molar-refractivity contribution is -0.148. The predicted molar refractivity (Wildman–Crippen MR) is 97.2 cm³/mol. The van der Waals surface area contributed by atoms with E-state index in [1.54, 1.807) is 12.1 Å². The average Bonchev–Trinajstić information content (AvgIpc) is 3.12. The molecule has 0 radical (unpaired) electrons. The van der Waals surface area contributed by atoms with Crippen molar-refractivity contribution in [3.8, 4) is 11.5 Å². The molecule has 3 rings (SSSR count). The number of hydrogen-bond acceptors (Lipinski definition) is 5.